The fourth-order valence-electron chi connectivity index (χ4n) is 2.98. The predicted molar refractivity (Wildman–Crippen MR) is 75.5 cm³/mol. The van der Waals surface area contributed by atoms with Gasteiger partial charge in [-0.2, -0.15) is 11.8 Å². The van der Waals surface area contributed by atoms with Crippen LogP contribution in [0.5, 0.6) is 0 Å². The van der Waals surface area contributed by atoms with Gasteiger partial charge in [-0.1, -0.05) is 29.8 Å². The topological polar surface area (TPSA) is 9.23 Å². The Hall–Kier alpha value is 0.790. The van der Waals surface area contributed by atoms with Gasteiger partial charge >= 0.3 is 0 Å². The van der Waals surface area contributed by atoms with E-state index in [1.165, 1.54) is 37.2 Å². The normalized spacial score (nSPS) is 33.6. The van der Waals surface area contributed by atoms with Crippen LogP contribution in [0.2, 0.25) is 0 Å². The molecule has 0 saturated carbocycles. The number of rotatable bonds is 2. The van der Waals surface area contributed by atoms with E-state index in [-0.39, 0.29) is 5.60 Å². The number of halogens is 1. The van der Waals surface area contributed by atoms with Gasteiger partial charge < -0.3 is 4.74 Å². The first kappa shape index (κ1) is 13.2. The number of hydrogen-bond acceptors (Lipinski definition) is 2. The maximum Gasteiger partial charge on any atom is 0.0701 e. The van der Waals surface area contributed by atoms with Crippen molar-refractivity contribution < 1.29 is 4.74 Å². The molecule has 2 fully saturated rings. The Bertz CT molecular complexity index is 220. The van der Waals surface area contributed by atoms with Crippen molar-refractivity contribution >= 4 is 27.7 Å². The van der Waals surface area contributed by atoms with E-state index in [0.29, 0.717) is 4.83 Å². The molecular formula is C13H23BrOS. The summed E-state index contributed by atoms with van der Waals surface area (Å²) in [5.74, 6) is 4.22. The van der Waals surface area contributed by atoms with Gasteiger partial charge in [0, 0.05) is 11.4 Å². The molecule has 0 aromatic rings. The fourth-order valence-corrected chi connectivity index (χ4v) is 4.65. The van der Waals surface area contributed by atoms with Crippen LogP contribution in [0, 0.1) is 11.8 Å². The van der Waals surface area contributed by atoms with E-state index in [1.807, 2.05) is 0 Å². The quantitative estimate of drug-likeness (QED) is 0.710. The maximum atomic E-state index is 6.14. The Kier molecular flexibility index (Phi) is 4.65. The van der Waals surface area contributed by atoms with Gasteiger partial charge in [-0.15, -0.1) is 0 Å². The predicted octanol–water partition coefficient (Wildman–Crippen LogP) is 4.10. The zero-order valence-electron chi connectivity index (χ0n) is 10.4. The van der Waals surface area contributed by atoms with Crippen molar-refractivity contribution in [1.82, 2.24) is 0 Å². The van der Waals surface area contributed by atoms with E-state index >= 15 is 0 Å². The molecule has 1 nitrogen and oxygen atoms in total. The average molecular weight is 307 g/mol. The Balaban J connectivity index is 1.97. The lowest BCUT2D eigenvalue weighted by Crippen LogP contribution is -2.44. The Labute approximate surface area is 112 Å². The van der Waals surface area contributed by atoms with Gasteiger partial charge in [0.05, 0.1) is 5.60 Å². The highest BCUT2D eigenvalue weighted by atomic mass is 79.9. The van der Waals surface area contributed by atoms with Crippen molar-refractivity contribution in [3.63, 3.8) is 0 Å². The van der Waals surface area contributed by atoms with E-state index in [0.717, 1.165) is 18.4 Å². The fraction of sp³-hybridized carbons (Fsp3) is 1.00. The van der Waals surface area contributed by atoms with E-state index < -0.39 is 0 Å². The van der Waals surface area contributed by atoms with Gasteiger partial charge in [-0.25, -0.2) is 0 Å². The lowest BCUT2D eigenvalue weighted by molar-refractivity contribution is -0.109. The van der Waals surface area contributed by atoms with Gasteiger partial charge in [0.1, 0.15) is 0 Å². The molecule has 3 atom stereocenters. The van der Waals surface area contributed by atoms with Crippen LogP contribution in [0.4, 0.5) is 0 Å². The van der Waals surface area contributed by atoms with Crippen molar-refractivity contribution in [2.45, 2.75) is 50.0 Å². The molecule has 2 aliphatic rings. The minimum atomic E-state index is 0.254. The standard InChI is InChI=1S/C13H23BrOS/c1-10(11(2)14)12-3-6-15-13(9-12)4-7-16-8-5-13/h10-12H,3-9H2,1-2H3. The summed E-state index contributed by atoms with van der Waals surface area (Å²) in [7, 11) is 0. The van der Waals surface area contributed by atoms with Crippen molar-refractivity contribution in [3.8, 4) is 0 Å². The van der Waals surface area contributed by atoms with Crippen LogP contribution in [0.1, 0.15) is 39.5 Å². The van der Waals surface area contributed by atoms with Crippen LogP contribution in [-0.2, 0) is 4.74 Å². The lowest BCUT2D eigenvalue weighted by Gasteiger charge is -2.45. The highest BCUT2D eigenvalue weighted by Gasteiger charge is 2.40. The lowest BCUT2D eigenvalue weighted by atomic mass is 9.76. The average Bonchev–Trinajstić information content (AvgIpc) is 2.29. The zero-order valence-corrected chi connectivity index (χ0v) is 12.8. The van der Waals surface area contributed by atoms with Gasteiger partial charge in [0.15, 0.2) is 0 Å². The number of ether oxygens (including phenoxy) is 1. The molecule has 3 unspecified atom stereocenters. The number of alkyl halides is 1. The summed E-state index contributed by atoms with van der Waals surface area (Å²) in [4.78, 5) is 0.630. The molecule has 0 amide bonds. The molecule has 94 valence electrons. The molecule has 0 aromatic heterocycles. The minimum Gasteiger partial charge on any atom is -0.375 e. The summed E-state index contributed by atoms with van der Waals surface area (Å²) in [6, 6.07) is 0. The molecule has 0 aromatic carbocycles. The number of thioether (sulfide) groups is 1. The van der Waals surface area contributed by atoms with Crippen LogP contribution in [0.25, 0.3) is 0 Å². The van der Waals surface area contributed by atoms with E-state index in [4.69, 9.17) is 4.74 Å². The first-order chi connectivity index (χ1) is 7.63. The van der Waals surface area contributed by atoms with Crippen LogP contribution in [0.15, 0.2) is 0 Å². The number of hydrogen-bond donors (Lipinski definition) is 0. The molecular weight excluding hydrogens is 284 g/mol. The molecule has 2 aliphatic heterocycles. The monoisotopic (exact) mass is 306 g/mol. The summed E-state index contributed by atoms with van der Waals surface area (Å²) < 4.78 is 6.14. The summed E-state index contributed by atoms with van der Waals surface area (Å²) in [6.45, 7) is 5.66. The molecule has 0 radical (unpaired) electrons. The molecule has 3 heteroatoms. The third-order valence-electron chi connectivity index (χ3n) is 4.40. The molecule has 0 aliphatic carbocycles. The first-order valence-corrected chi connectivity index (χ1v) is 8.56. The third-order valence-corrected chi connectivity index (χ3v) is 6.22. The maximum absolute atomic E-state index is 6.14. The highest BCUT2D eigenvalue weighted by molar-refractivity contribution is 9.09. The van der Waals surface area contributed by atoms with Crippen molar-refractivity contribution in [2.75, 3.05) is 18.1 Å². The van der Waals surface area contributed by atoms with E-state index in [2.05, 4.69) is 41.5 Å². The van der Waals surface area contributed by atoms with E-state index in [1.54, 1.807) is 0 Å². The Morgan fingerprint density at radius 3 is 2.62 bits per heavy atom. The van der Waals surface area contributed by atoms with Crippen LogP contribution in [0.3, 0.4) is 0 Å². The largest absolute Gasteiger partial charge is 0.375 e. The SMILES string of the molecule is CC(Br)C(C)C1CCOC2(CCSCC2)C1. The molecule has 2 saturated heterocycles. The van der Waals surface area contributed by atoms with Crippen molar-refractivity contribution in [3.05, 3.63) is 0 Å². The van der Waals surface area contributed by atoms with Crippen molar-refractivity contribution in [1.29, 1.82) is 0 Å². The summed E-state index contributed by atoms with van der Waals surface area (Å²) >= 11 is 5.83. The van der Waals surface area contributed by atoms with Gasteiger partial charge in [0.2, 0.25) is 0 Å². The van der Waals surface area contributed by atoms with Crippen LogP contribution < -0.4 is 0 Å². The summed E-state index contributed by atoms with van der Waals surface area (Å²) in [5.41, 5.74) is 0.254. The second-order valence-electron chi connectivity index (χ2n) is 5.43. The second-order valence-corrected chi connectivity index (χ2v) is 8.10. The van der Waals surface area contributed by atoms with Gasteiger partial charge in [-0.3, -0.25) is 0 Å². The molecule has 2 heterocycles. The third kappa shape index (κ3) is 2.97. The minimum absolute atomic E-state index is 0.254. The molecule has 1 spiro atoms. The van der Waals surface area contributed by atoms with Crippen molar-refractivity contribution in [2.24, 2.45) is 11.8 Å². The Morgan fingerprint density at radius 2 is 2.00 bits per heavy atom. The molecule has 2 rings (SSSR count). The van der Waals surface area contributed by atoms with Crippen LogP contribution in [-0.4, -0.2) is 28.5 Å². The second kappa shape index (κ2) is 5.62. The molecule has 16 heavy (non-hydrogen) atoms. The smallest absolute Gasteiger partial charge is 0.0701 e. The highest BCUT2D eigenvalue weighted by Crippen LogP contribution is 2.43. The van der Waals surface area contributed by atoms with Gasteiger partial charge in [0.25, 0.3) is 0 Å². The Morgan fingerprint density at radius 1 is 1.31 bits per heavy atom. The first-order valence-electron chi connectivity index (χ1n) is 6.49. The van der Waals surface area contributed by atoms with E-state index in [9.17, 15) is 0 Å². The van der Waals surface area contributed by atoms with Crippen LogP contribution >= 0.6 is 27.7 Å². The zero-order chi connectivity index (χ0) is 11.6. The molecule has 0 bridgehead atoms. The summed E-state index contributed by atoms with van der Waals surface area (Å²) in [6.07, 6.45) is 5.10. The molecule has 0 N–H and O–H groups in total. The van der Waals surface area contributed by atoms with Gasteiger partial charge in [-0.05, 0) is 49.0 Å². The summed E-state index contributed by atoms with van der Waals surface area (Å²) in [5, 5.41) is 0.